The van der Waals surface area contributed by atoms with Crippen molar-refractivity contribution in [1.29, 1.82) is 5.26 Å². The SMILES string of the molecule is N#Cc1nc(NCC(=O)O)cc(-c2cccc(C(F)(F)F)c2)n1. The molecule has 0 amide bonds. The summed E-state index contributed by atoms with van der Waals surface area (Å²) in [5.41, 5.74) is -0.639. The Morgan fingerprint density at radius 1 is 1.30 bits per heavy atom. The topological polar surface area (TPSA) is 98.9 Å². The van der Waals surface area contributed by atoms with E-state index in [0.29, 0.717) is 0 Å². The van der Waals surface area contributed by atoms with E-state index in [-0.39, 0.29) is 22.9 Å². The Hall–Kier alpha value is -3.15. The summed E-state index contributed by atoms with van der Waals surface area (Å²) >= 11 is 0. The Kier molecular flexibility index (Phi) is 4.45. The molecule has 9 heteroatoms. The fourth-order valence-corrected chi connectivity index (χ4v) is 1.76. The monoisotopic (exact) mass is 322 g/mol. The number of nitrogens with zero attached hydrogens (tertiary/aromatic N) is 3. The van der Waals surface area contributed by atoms with Crippen LogP contribution in [0.2, 0.25) is 0 Å². The lowest BCUT2D eigenvalue weighted by Crippen LogP contribution is -2.14. The van der Waals surface area contributed by atoms with E-state index in [0.717, 1.165) is 12.1 Å². The molecule has 0 atom stereocenters. The molecule has 2 N–H and O–H groups in total. The van der Waals surface area contributed by atoms with Gasteiger partial charge in [0, 0.05) is 11.6 Å². The van der Waals surface area contributed by atoms with Crippen LogP contribution in [0.4, 0.5) is 19.0 Å². The van der Waals surface area contributed by atoms with Gasteiger partial charge in [-0.05, 0) is 12.1 Å². The van der Waals surface area contributed by atoms with Crippen LogP contribution < -0.4 is 5.32 Å². The number of carbonyl (C=O) groups is 1. The van der Waals surface area contributed by atoms with Gasteiger partial charge >= 0.3 is 12.1 Å². The third kappa shape index (κ3) is 4.16. The molecule has 0 radical (unpaired) electrons. The molecule has 1 heterocycles. The maximum Gasteiger partial charge on any atom is 0.416 e. The van der Waals surface area contributed by atoms with Crippen LogP contribution in [-0.2, 0) is 11.0 Å². The van der Waals surface area contributed by atoms with Crippen molar-refractivity contribution in [3.63, 3.8) is 0 Å². The van der Waals surface area contributed by atoms with E-state index < -0.39 is 24.3 Å². The predicted molar refractivity (Wildman–Crippen MR) is 73.3 cm³/mol. The van der Waals surface area contributed by atoms with Crippen LogP contribution in [0.3, 0.4) is 0 Å². The molecule has 0 unspecified atom stereocenters. The molecule has 1 aromatic heterocycles. The first-order chi connectivity index (χ1) is 10.8. The summed E-state index contributed by atoms with van der Waals surface area (Å²) in [6, 6.07) is 7.39. The smallest absolute Gasteiger partial charge is 0.416 e. The van der Waals surface area contributed by atoms with Crippen LogP contribution in [0.1, 0.15) is 11.4 Å². The van der Waals surface area contributed by atoms with Gasteiger partial charge in [-0.15, -0.1) is 0 Å². The third-order valence-corrected chi connectivity index (χ3v) is 2.73. The van der Waals surface area contributed by atoms with E-state index in [4.69, 9.17) is 10.4 Å². The summed E-state index contributed by atoms with van der Waals surface area (Å²) in [6.07, 6.45) is -4.51. The number of anilines is 1. The molecule has 6 nitrogen and oxygen atoms in total. The van der Waals surface area contributed by atoms with Gasteiger partial charge in [-0.2, -0.15) is 18.4 Å². The molecule has 0 saturated heterocycles. The zero-order valence-electron chi connectivity index (χ0n) is 11.4. The van der Waals surface area contributed by atoms with Gasteiger partial charge < -0.3 is 10.4 Å². The van der Waals surface area contributed by atoms with Crippen molar-refractivity contribution < 1.29 is 23.1 Å². The van der Waals surface area contributed by atoms with Crippen molar-refractivity contribution in [2.24, 2.45) is 0 Å². The molecule has 0 aliphatic carbocycles. The Labute approximate surface area is 128 Å². The van der Waals surface area contributed by atoms with Crippen LogP contribution in [0.25, 0.3) is 11.3 Å². The van der Waals surface area contributed by atoms with Crippen molar-refractivity contribution in [1.82, 2.24) is 9.97 Å². The molecule has 0 aliphatic rings. The van der Waals surface area contributed by atoms with E-state index in [1.807, 2.05) is 0 Å². The zero-order chi connectivity index (χ0) is 17.0. The Balaban J connectivity index is 2.44. The number of rotatable bonds is 4. The van der Waals surface area contributed by atoms with E-state index >= 15 is 0 Å². The number of aromatic nitrogens is 2. The maximum absolute atomic E-state index is 12.8. The molecule has 2 rings (SSSR count). The number of benzene rings is 1. The lowest BCUT2D eigenvalue weighted by Gasteiger charge is -2.10. The van der Waals surface area contributed by atoms with Crippen molar-refractivity contribution in [3.05, 3.63) is 41.7 Å². The summed E-state index contributed by atoms with van der Waals surface area (Å²) in [5, 5.41) is 20.0. The fraction of sp³-hybridized carbons (Fsp3) is 0.143. The van der Waals surface area contributed by atoms with Crippen molar-refractivity contribution >= 4 is 11.8 Å². The second kappa shape index (κ2) is 6.31. The minimum atomic E-state index is -4.51. The molecule has 0 spiro atoms. The second-order valence-electron chi connectivity index (χ2n) is 4.40. The molecule has 0 aliphatic heterocycles. The average molecular weight is 322 g/mol. The van der Waals surface area contributed by atoms with Gasteiger partial charge in [0.05, 0.1) is 11.3 Å². The van der Waals surface area contributed by atoms with Crippen molar-refractivity contribution in [2.45, 2.75) is 6.18 Å². The molecule has 23 heavy (non-hydrogen) atoms. The van der Waals surface area contributed by atoms with E-state index in [2.05, 4.69) is 15.3 Å². The largest absolute Gasteiger partial charge is 0.480 e. The van der Waals surface area contributed by atoms with E-state index in [1.54, 1.807) is 6.07 Å². The van der Waals surface area contributed by atoms with Crippen LogP contribution in [0.15, 0.2) is 30.3 Å². The van der Waals surface area contributed by atoms with Crippen molar-refractivity contribution in [3.8, 4) is 17.3 Å². The summed E-state index contributed by atoms with van der Waals surface area (Å²) in [4.78, 5) is 18.1. The first-order valence-electron chi connectivity index (χ1n) is 6.22. The minimum absolute atomic E-state index is 0.0337. The van der Waals surface area contributed by atoms with Gasteiger partial charge in [-0.25, -0.2) is 9.97 Å². The molecular formula is C14H9F3N4O2. The van der Waals surface area contributed by atoms with Gasteiger partial charge in [0.15, 0.2) is 0 Å². The highest BCUT2D eigenvalue weighted by atomic mass is 19.4. The van der Waals surface area contributed by atoms with E-state index in [9.17, 15) is 18.0 Å². The summed E-state index contributed by atoms with van der Waals surface area (Å²) < 4.78 is 38.3. The molecule has 0 bridgehead atoms. The number of hydrogen-bond donors (Lipinski definition) is 2. The lowest BCUT2D eigenvalue weighted by atomic mass is 10.1. The Bertz CT molecular complexity index is 784. The van der Waals surface area contributed by atoms with Crippen LogP contribution in [-0.4, -0.2) is 27.6 Å². The molecule has 0 saturated carbocycles. The van der Waals surface area contributed by atoms with E-state index in [1.165, 1.54) is 18.2 Å². The Morgan fingerprint density at radius 3 is 2.65 bits per heavy atom. The van der Waals surface area contributed by atoms with Gasteiger partial charge in [-0.1, -0.05) is 12.1 Å². The first kappa shape index (κ1) is 16.2. The van der Waals surface area contributed by atoms with Gasteiger partial charge in [0.2, 0.25) is 5.82 Å². The number of alkyl halides is 3. The normalized spacial score (nSPS) is 10.9. The zero-order valence-corrected chi connectivity index (χ0v) is 11.4. The number of carboxylic acid groups (broad SMARTS) is 1. The number of nitrogens with one attached hydrogen (secondary N) is 1. The molecular weight excluding hydrogens is 313 g/mol. The average Bonchev–Trinajstić information content (AvgIpc) is 2.52. The molecule has 1 aromatic carbocycles. The molecule has 118 valence electrons. The van der Waals surface area contributed by atoms with Crippen LogP contribution in [0.5, 0.6) is 0 Å². The number of carboxylic acids is 1. The Morgan fingerprint density at radius 2 is 2.04 bits per heavy atom. The highest BCUT2D eigenvalue weighted by Gasteiger charge is 2.30. The van der Waals surface area contributed by atoms with Gasteiger partial charge in [0.1, 0.15) is 18.4 Å². The number of halogens is 3. The predicted octanol–water partition coefficient (Wildman–Crippen LogP) is 2.53. The number of nitriles is 1. The highest BCUT2D eigenvalue weighted by Crippen LogP contribution is 2.32. The standard InChI is InChI=1S/C14H9F3N4O2/c15-14(16,17)9-3-1-2-8(4-9)10-5-11(19-7-13(22)23)21-12(6-18)20-10/h1-5H,7H2,(H,22,23)(H,19,20,21). The second-order valence-corrected chi connectivity index (χ2v) is 4.40. The fourth-order valence-electron chi connectivity index (χ4n) is 1.76. The van der Waals surface area contributed by atoms with Gasteiger partial charge in [0.25, 0.3) is 0 Å². The summed E-state index contributed by atoms with van der Waals surface area (Å²) in [6.45, 7) is -0.454. The van der Waals surface area contributed by atoms with Gasteiger partial charge in [-0.3, -0.25) is 4.79 Å². The van der Waals surface area contributed by atoms with Crippen molar-refractivity contribution in [2.75, 3.05) is 11.9 Å². The summed E-state index contributed by atoms with van der Waals surface area (Å²) in [7, 11) is 0. The lowest BCUT2D eigenvalue weighted by molar-refractivity contribution is -0.137. The highest BCUT2D eigenvalue weighted by molar-refractivity contribution is 5.73. The third-order valence-electron chi connectivity index (χ3n) is 2.73. The minimum Gasteiger partial charge on any atom is -0.480 e. The number of aliphatic carboxylic acids is 1. The maximum atomic E-state index is 12.8. The quantitative estimate of drug-likeness (QED) is 0.897. The molecule has 2 aromatic rings. The van der Waals surface area contributed by atoms with Crippen LogP contribution >= 0.6 is 0 Å². The molecule has 0 fully saturated rings. The first-order valence-corrected chi connectivity index (χ1v) is 6.22. The van der Waals surface area contributed by atoms with Crippen LogP contribution in [0, 0.1) is 11.3 Å². The number of hydrogen-bond acceptors (Lipinski definition) is 5. The summed E-state index contributed by atoms with van der Waals surface area (Å²) in [5.74, 6) is -1.40.